The van der Waals surface area contributed by atoms with Crippen LogP contribution in [0.1, 0.15) is 34.7 Å². The lowest BCUT2D eigenvalue weighted by molar-refractivity contribution is 0.100. The minimum Gasteiger partial charge on any atom is -0.477 e. The van der Waals surface area contributed by atoms with Crippen molar-refractivity contribution in [2.45, 2.75) is 13.8 Å². The molecule has 0 radical (unpaired) electrons. The van der Waals surface area contributed by atoms with E-state index < -0.39 is 5.91 Å². The number of ether oxygens (including phenoxy) is 1. The number of nitrogens with one attached hydrogen (secondary N) is 1. The third-order valence-electron chi connectivity index (χ3n) is 2.69. The third kappa shape index (κ3) is 3.85. The Labute approximate surface area is 122 Å². The Bertz CT molecular complexity index is 653. The number of carbonyl (C=O) groups is 2. The van der Waals surface area contributed by atoms with Gasteiger partial charge in [0.15, 0.2) is 11.5 Å². The zero-order valence-corrected chi connectivity index (χ0v) is 11.8. The summed E-state index contributed by atoms with van der Waals surface area (Å²) < 4.78 is 5.16. The molecule has 0 atom stereocenters. The Hall–Kier alpha value is -2.76. The van der Waals surface area contributed by atoms with Crippen molar-refractivity contribution >= 4 is 17.4 Å². The van der Waals surface area contributed by atoms with Crippen molar-refractivity contribution in [2.24, 2.45) is 0 Å². The molecule has 0 aliphatic carbocycles. The van der Waals surface area contributed by atoms with Crippen LogP contribution in [0.2, 0.25) is 0 Å². The van der Waals surface area contributed by atoms with E-state index in [2.05, 4.69) is 15.5 Å². The number of ketones is 1. The smallest absolute Gasteiger partial charge is 0.276 e. The maximum atomic E-state index is 12.0. The van der Waals surface area contributed by atoms with Gasteiger partial charge in [-0.3, -0.25) is 9.59 Å². The minimum atomic E-state index is -0.397. The Balaban J connectivity index is 2.10. The van der Waals surface area contributed by atoms with Gasteiger partial charge in [0.05, 0.1) is 6.61 Å². The van der Waals surface area contributed by atoms with Gasteiger partial charge in [-0.1, -0.05) is 12.1 Å². The molecule has 0 aliphatic heterocycles. The monoisotopic (exact) mass is 285 g/mol. The van der Waals surface area contributed by atoms with Gasteiger partial charge in [-0.05, 0) is 32.0 Å². The topological polar surface area (TPSA) is 81.2 Å². The quantitative estimate of drug-likeness (QED) is 0.853. The number of anilines is 1. The Morgan fingerprint density at radius 2 is 2.00 bits per heavy atom. The summed E-state index contributed by atoms with van der Waals surface area (Å²) in [4.78, 5) is 23.3. The maximum absolute atomic E-state index is 12.0. The van der Waals surface area contributed by atoms with Crippen LogP contribution in [-0.2, 0) is 0 Å². The molecule has 0 saturated heterocycles. The van der Waals surface area contributed by atoms with Gasteiger partial charge in [-0.2, -0.15) is 0 Å². The summed E-state index contributed by atoms with van der Waals surface area (Å²) in [7, 11) is 0. The summed E-state index contributed by atoms with van der Waals surface area (Å²) in [5, 5.41) is 10.3. The van der Waals surface area contributed by atoms with E-state index >= 15 is 0 Å². The van der Waals surface area contributed by atoms with Crippen molar-refractivity contribution in [2.75, 3.05) is 11.9 Å². The molecule has 1 aromatic carbocycles. The van der Waals surface area contributed by atoms with Crippen LogP contribution >= 0.6 is 0 Å². The number of hydrogen-bond donors (Lipinski definition) is 1. The minimum absolute atomic E-state index is 0.0630. The molecule has 108 valence electrons. The first-order chi connectivity index (χ1) is 10.1. The van der Waals surface area contributed by atoms with Gasteiger partial charge < -0.3 is 10.1 Å². The number of rotatable bonds is 5. The van der Waals surface area contributed by atoms with Gasteiger partial charge in [-0.25, -0.2) is 0 Å². The lowest BCUT2D eigenvalue weighted by atomic mass is 10.1. The van der Waals surface area contributed by atoms with Crippen molar-refractivity contribution in [3.05, 3.63) is 47.7 Å². The highest BCUT2D eigenvalue weighted by atomic mass is 16.5. The second kappa shape index (κ2) is 6.60. The van der Waals surface area contributed by atoms with Crippen molar-refractivity contribution < 1.29 is 14.3 Å². The maximum Gasteiger partial charge on any atom is 0.276 e. The number of nitrogens with zero attached hydrogens (tertiary/aromatic N) is 2. The fourth-order valence-electron chi connectivity index (χ4n) is 1.68. The fraction of sp³-hybridized carbons (Fsp3) is 0.200. The molecule has 6 nitrogen and oxygen atoms in total. The lowest BCUT2D eigenvalue weighted by Gasteiger charge is -2.06. The van der Waals surface area contributed by atoms with Crippen LogP contribution in [-0.4, -0.2) is 28.5 Å². The first-order valence-corrected chi connectivity index (χ1v) is 6.49. The van der Waals surface area contributed by atoms with E-state index in [0.717, 1.165) is 0 Å². The number of amides is 1. The predicted octanol–water partition coefficient (Wildman–Crippen LogP) is 2.33. The van der Waals surface area contributed by atoms with E-state index in [-0.39, 0.29) is 11.5 Å². The Morgan fingerprint density at radius 1 is 1.19 bits per heavy atom. The number of benzene rings is 1. The molecule has 0 unspecified atom stereocenters. The highest BCUT2D eigenvalue weighted by Gasteiger charge is 2.10. The molecule has 0 fully saturated rings. The Morgan fingerprint density at radius 3 is 2.62 bits per heavy atom. The second-order valence-electron chi connectivity index (χ2n) is 4.28. The molecule has 21 heavy (non-hydrogen) atoms. The molecule has 2 rings (SSSR count). The van der Waals surface area contributed by atoms with Crippen molar-refractivity contribution in [3.63, 3.8) is 0 Å². The highest BCUT2D eigenvalue weighted by molar-refractivity contribution is 6.03. The van der Waals surface area contributed by atoms with Crippen molar-refractivity contribution in [1.82, 2.24) is 10.2 Å². The van der Waals surface area contributed by atoms with Crippen LogP contribution in [0.15, 0.2) is 36.4 Å². The molecule has 0 saturated carbocycles. The summed E-state index contributed by atoms with van der Waals surface area (Å²) in [5.74, 6) is -0.0918. The number of aromatic nitrogens is 2. The highest BCUT2D eigenvalue weighted by Crippen LogP contribution is 2.13. The molecule has 0 spiro atoms. The van der Waals surface area contributed by atoms with Gasteiger partial charge in [0, 0.05) is 17.3 Å². The molecular formula is C15H15N3O3. The van der Waals surface area contributed by atoms with Crippen molar-refractivity contribution in [3.8, 4) is 5.88 Å². The SMILES string of the molecule is CCOc1ccc(C(=O)Nc2cccc(C(C)=O)c2)nn1. The fourth-order valence-corrected chi connectivity index (χ4v) is 1.68. The number of hydrogen-bond acceptors (Lipinski definition) is 5. The van der Waals surface area contributed by atoms with E-state index in [4.69, 9.17) is 4.74 Å². The molecule has 1 amide bonds. The average molecular weight is 285 g/mol. The van der Waals surface area contributed by atoms with Crippen LogP contribution < -0.4 is 10.1 Å². The first kappa shape index (κ1) is 14.6. The molecule has 1 aromatic heterocycles. The van der Waals surface area contributed by atoms with Crippen LogP contribution in [0.5, 0.6) is 5.88 Å². The molecule has 6 heteroatoms. The van der Waals surface area contributed by atoms with Gasteiger partial charge in [0.2, 0.25) is 5.88 Å². The average Bonchev–Trinajstić information content (AvgIpc) is 2.48. The van der Waals surface area contributed by atoms with Crippen LogP contribution in [0.25, 0.3) is 0 Å². The second-order valence-corrected chi connectivity index (χ2v) is 4.28. The zero-order chi connectivity index (χ0) is 15.2. The van der Waals surface area contributed by atoms with E-state index in [9.17, 15) is 9.59 Å². The summed E-state index contributed by atoms with van der Waals surface area (Å²) in [6, 6.07) is 9.82. The molecular weight excluding hydrogens is 270 g/mol. The molecule has 1 heterocycles. The van der Waals surface area contributed by atoms with E-state index in [1.165, 1.54) is 13.0 Å². The van der Waals surface area contributed by atoms with Gasteiger partial charge in [-0.15, -0.1) is 10.2 Å². The van der Waals surface area contributed by atoms with Crippen LogP contribution in [0, 0.1) is 0 Å². The summed E-state index contributed by atoms with van der Waals surface area (Å²) in [6.07, 6.45) is 0. The van der Waals surface area contributed by atoms with Crippen LogP contribution in [0.3, 0.4) is 0 Å². The Kier molecular flexibility index (Phi) is 4.61. The van der Waals surface area contributed by atoms with Crippen LogP contribution in [0.4, 0.5) is 5.69 Å². The standard InChI is InChI=1S/C15H15N3O3/c1-3-21-14-8-7-13(17-18-14)15(20)16-12-6-4-5-11(9-12)10(2)19/h4-9H,3H2,1-2H3,(H,16,20). The summed E-state index contributed by atoms with van der Waals surface area (Å²) >= 11 is 0. The molecule has 0 bridgehead atoms. The van der Waals surface area contributed by atoms with E-state index in [1.54, 1.807) is 30.3 Å². The number of Topliss-reactive ketones (excluding diaryl/α,β-unsaturated/α-hetero) is 1. The van der Waals surface area contributed by atoms with E-state index in [0.29, 0.717) is 23.7 Å². The van der Waals surface area contributed by atoms with Crippen molar-refractivity contribution in [1.29, 1.82) is 0 Å². The first-order valence-electron chi connectivity index (χ1n) is 6.49. The summed E-state index contributed by atoms with van der Waals surface area (Å²) in [6.45, 7) is 3.79. The third-order valence-corrected chi connectivity index (χ3v) is 2.69. The molecule has 2 aromatic rings. The lowest BCUT2D eigenvalue weighted by Crippen LogP contribution is -2.14. The predicted molar refractivity (Wildman–Crippen MR) is 77.6 cm³/mol. The molecule has 0 aliphatic rings. The number of carbonyl (C=O) groups excluding carboxylic acids is 2. The largest absolute Gasteiger partial charge is 0.477 e. The van der Waals surface area contributed by atoms with Gasteiger partial charge >= 0.3 is 0 Å². The van der Waals surface area contributed by atoms with E-state index in [1.807, 2.05) is 6.92 Å². The normalized spacial score (nSPS) is 10.0. The van der Waals surface area contributed by atoms with Gasteiger partial charge in [0.1, 0.15) is 0 Å². The van der Waals surface area contributed by atoms with Gasteiger partial charge in [0.25, 0.3) is 5.91 Å². The summed E-state index contributed by atoms with van der Waals surface area (Å²) in [5.41, 5.74) is 1.24. The zero-order valence-electron chi connectivity index (χ0n) is 11.8. The molecule has 1 N–H and O–H groups in total.